The molecule has 0 bridgehead atoms. The van der Waals surface area contributed by atoms with E-state index in [1.807, 2.05) is 19.9 Å². The normalized spacial score (nSPS) is 10.9. The summed E-state index contributed by atoms with van der Waals surface area (Å²) in [7, 11) is 0. The minimum Gasteiger partial charge on any atom is -0.273 e. The number of rotatable bonds is 4. The molecule has 3 aromatic heterocycles. The lowest BCUT2D eigenvalue weighted by molar-refractivity contribution is 0.633. The molecule has 24 heavy (non-hydrogen) atoms. The second-order valence-corrected chi connectivity index (χ2v) is 5.70. The summed E-state index contributed by atoms with van der Waals surface area (Å²) in [5, 5.41) is 0.414. The van der Waals surface area contributed by atoms with E-state index in [-0.39, 0.29) is 18.6 Å². The molecule has 0 spiro atoms. The van der Waals surface area contributed by atoms with Gasteiger partial charge in [-0.25, -0.2) is 9.78 Å². The molecule has 122 valence electrons. The van der Waals surface area contributed by atoms with Gasteiger partial charge in [-0.15, -0.1) is 6.58 Å². The van der Waals surface area contributed by atoms with Gasteiger partial charge >= 0.3 is 5.69 Å². The number of hydrogen-bond donors (Lipinski definition) is 0. The smallest absolute Gasteiger partial charge is 0.273 e. The van der Waals surface area contributed by atoms with Crippen LogP contribution in [0.4, 0.5) is 0 Å². The third-order valence-corrected chi connectivity index (χ3v) is 3.95. The summed E-state index contributed by atoms with van der Waals surface area (Å²) in [4.78, 5) is 34.1. The zero-order valence-corrected chi connectivity index (χ0v) is 13.7. The maximum atomic E-state index is 12.8. The lowest BCUT2D eigenvalue weighted by Gasteiger charge is -2.13. The van der Waals surface area contributed by atoms with Crippen molar-refractivity contribution in [2.45, 2.75) is 26.9 Å². The molecule has 0 aromatic carbocycles. The number of allylic oxidation sites excluding steroid dienone is 1. The Hall–Kier alpha value is -3.02. The van der Waals surface area contributed by atoms with E-state index in [0.29, 0.717) is 11.0 Å². The first-order valence-electron chi connectivity index (χ1n) is 7.64. The Bertz CT molecular complexity index is 1050. The van der Waals surface area contributed by atoms with Crippen molar-refractivity contribution < 1.29 is 0 Å². The number of aryl methyl sites for hydroxylation is 2. The fraction of sp³-hybridized carbons (Fsp3) is 0.222. The summed E-state index contributed by atoms with van der Waals surface area (Å²) >= 11 is 0. The molecular weight excluding hydrogens is 304 g/mol. The fourth-order valence-electron chi connectivity index (χ4n) is 2.71. The van der Waals surface area contributed by atoms with Crippen LogP contribution in [-0.4, -0.2) is 19.1 Å². The van der Waals surface area contributed by atoms with Crippen LogP contribution in [0.3, 0.4) is 0 Å². The van der Waals surface area contributed by atoms with Gasteiger partial charge in [0.25, 0.3) is 5.56 Å². The number of nitrogens with zero attached hydrogens (tertiary/aromatic N) is 4. The fourth-order valence-corrected chi connectivity index (χ4v) is 2.71. The van der Waals surface area contributed by atoms with Crippen LogP contribution in [0.5, 0.6) is 0 Å². The topological polar surface area (TPSA) is 69.8 Å². The average Bonchev–Trinajstić information content (AvgIpc) is 2.58. The molecule has 0 N–H and O–H groups in total. The average molecular weight is 322 g/mol. The highest BCUT2D eigenvalue weighted by molar-refractivity contribution is 5.73. The van der Waals surface area contributed by atoms with Crippen molar-refractivity contribution in [1.29, 1.82) is 0 Å². The quantitative estimate of drug-likeness (QED) is 0.687. The molecule has 0 amide bonds. The standard InChI is InChI=1S/C18H18N4O2/c1-4-8-21-16-15(6-5-7-19-16)17(23)22(18(21)24)11-14-9-12(2)10-20-13(14)3/h4-7,9-10H,1,8,11H2,2-3H3. The van der Waals surface area contributed by atoms with E-state index < -0.39 is 5.69 Å². The number of aromatic nitrogens is 4. The molecule has 0 saturated heterocycles. The zero-order chi connectivity index (χ0) is 17.3. The Morgan fingerprint density at radius 2 is 2.00 bits per heavy atom. The molecule has 0 saturated carbocycles. The Morgan fingerprint density at radius 3 is 2.75 bits per heavy atom. The van der Waals surface area contributed by atoms with Gasteiger partial charge in [-0.2, -0.15) is 0 Å². The lowest BCUT2D eigenvalue weighted by Crippen LogP contribution is -2.40. The molecule has 3 heterocycles. The predicted molar refractivity (Wildman–Crippen MR) is 93.3 cm³/mol. The predicted octanol–water partition coefficient (Wildman–Crippen LogP) is 1.80. The molecule has 0 atom stereocenters. The van der Waals surface area contributed by atoms with Gasteiger partial charge in [0.05, 0.1) is 11.9 Å². The van der Waals surface area contributed by atoms with Gasteiger partial charge in [0.2, 0.25) is 0 Å². The lowest BCUT2D eigenvalue weighted by atomic mass is 10.1. The Labute approximate surface area is 138 Å². The number of pyridine rings is 2. The van der Waals surface area contributed by atoms with Crippen LogP contribution in [0.15, 0.2) is 52.8 Å². The van der Waals surface area contributed by atoms with Gasteiger partial charge in [-0.1, -0.05) is 12.1 Å². The molecule has 3 rings (SSSR count). The summed E-state index contributed by atoms with van der Waals surface area (Å²) < 4.78 is 2.69. The van der Waals surface area contributed by atoms with Crippen LogP contribution in [-0.2, 0) is 13.1 Å². The van der Waals surface area contributed by atoms with Crippen molar-refractivity contribution in [2.75, 3.05) is 0 Å². The Kier molecular flexibility index (Phi) is 4.12. The number of hydrogen-bond acceptors (Lipinski definition) is 4. The van der Waals surface area contributed by atoms with Crippen LogP contribution < -0.4 is 11.2 Å². The van der Waals surface area contributed by atoms with Gasteiger partial charge in [0.15, 0.2) is 0 Å². The zero-order valence-electron chi connectivity index (χ0n) is 13.7. The molecule has 6 heteroatoms. The van der Waals surface area contributed by atoms with Crippen molar-refractivity contribution in [3.63, 3.8) is 0 Å². The van der Waals surface area contributed by atoms with E-state index >= 15 is 0 Å². The van der Waals surface area contributed by atoms with Crippen molar-refractivity contribution in [3.8, 4) is 0 Å². The molecule has 6 nitrogen and oxygen atoms in total. The van der Waals surface area contributed by atoms with Crippen LogP contribution in [0, 0.1) is 13.8 Å². The third-order valence-electron chi connectivity index (χ3n) is 3.95. The van der Waals surface area contributed by atoms with Gasteiger partial charge in [0.1, 0.15) is 5.65 Å². The van der Waals surface area contributed by atoms with Crippen molar-refractivity contribution in [2.24, 2.45) is 0 Å². The number of fused-ring (bicyclic) bond motifs is 1. The molecular formula is C18H18N4O2. The van der Waals surface area contributed by atoms with Crippen molar-refractivity contribution in [3.05, 3.63) is 80.9 Å². The van der Waals surface area contributed by atoms with Gasteiger partial charge in [-0.3, -0.25) is 18.9 Å². The molecule has 3 aromatic rings. The molecule has 0 aliphatic rings. The summed E-state index contributed by atoms with van der Waals surface area (Å²) in [5.41, 5.74) is 2.27. The van der Waals surface area contributed by atoms with Crippen LogP contribution in [0.2, 0.25) is 0 Å². The third kappa shape index (κ3) is 2.67. The molecule has 0 aliphatic carbocycles. The second-order valence-electron chi connectivity index (χ2n) is 5.70. The van der Waals surface area contributed by atoms with Gasteiger partial charge < -0.3 is 0 Å². The highest BCUT2D eigenvalue weighted by Gasteiger charge is 2.14. The maximum absolute atomic E-state index is 12.8. The first kappa shape index (κ1) is 15.9. The summed E-state index contributed by atoms with van der Waals surface area (Å²) in [6.07, 6.45) is 4.95. The van der Waals surface area contributed by atoms with Gasteiger partial charge in [-0.05, 0) is 37.1 Å². The molecule has 0 fully saturated rings. The van der Waals surface area contributed by atoms with Gasteiger partial charge in [0, 0.05) is 24.6 Å². The summed E-state index contributed by atoms with van der Waals surface area (Å²) in [5.74, 6) is 0. The first-order valence-corrected chi connectivity index (χ1v) is 7.64. The van der Waals surface area contributed by atoms with E-state index in [1.54, 1.807) is 30.6 Å². The minimum atomic E-state index is -0.396. The minimum absolute atomic E-state index is 0.181. The Morgan fingerprint density at radius 1 is 1.21 bits per heavy atom. The van der Waals surface area contributed by atoms with E-state index in [2.05, 4.69) is 16.5 Å². The largest absolute Gasteiger partial charge is 0.333 e. The maximum Gasteiger partial charge on any atom is 0.333 e. The second kappa shape index (κ2) is 6.23. The summed E-state index contributed by atoms with van der Waals surface area (Å²) in [6, 6.07) is 5.32. The Balaban J connectivity index is 2.28. The first-order chi connectivity index (χ1) is 11.5. The van der Waals surface area contributed by atoms with Crippen molar-refractivity contribution in [1.82, 2.24) is 19.1 Å². The summed E-state index contributed by atoms with van der Waals surface area (Å²) in [6.45, 7) is 7.95. The van der Waals surface area contributed by atoms with E-state index in [9.17, 15) is 9.59 Å². The van der Waals surface area contributed by atoms with E-state index in [0.717, 1.165) is 16.8 Å². The van der Waals surface area contributed by atoms with Crippen LogP contribution in [0.1, 0.15) is 16.8 Å². The van der Waals surface area contributed by atoms with E-state index in [4.69, 9.17) is 0 Å². The molecule has 0 aliphatic heterocycles. The highest BCUT2D eigenvalue weighted by atomic mass is 16.2. The monoisotopic (exact) mass is 322 g/mol. The molecule has 0 unspecified atom stereocenters. The van der Waals surface area contributed by atoms with Crippen molar-refractivity contribution >= 4 is 11.0 Å². The van der Waals surface area contributed by atoms with Crippen LogP contribution >= 0.6 is 0 Å². The highest BCUT2D eigenvalue weighted by Crippen LogP contribution is 2.09. The molecule has 0 radical (unpaired) electrons. The SMILES string of the molecule is C=CCn1c(=O)n(Cc2cc(C)cnc2C)c(=O)c2cccnc21. The van der Waals surface area contributed by atoms with Crippen LogP contribution in [0.25, 0.3) is 11.0 Å². The van der Waals surface area contributed by atoms with E-state index in [1.165, 1.54) is 9.13 Å².